The van der Waals surface area contributed by atoms with Crippen LogP contribution in [0.25, 0.3) is 0 Å². The van der Waals surface area contributed by atoms with Crippen LogP contribution in [0.2, 0.25) is 0 Å². The van der Waals surface area contributed by atoms with E-state index in [9.17, 15) is 5.21 Å². The Morgan fingerprint density at radius 3 is 1.94 bits per heavy atom. The van der Waals surface area contributed by atoms with E-state index in [4.69, 9.17) is 0 Å². The molecule has 0 amide bonds. The van der Waals surface area contributed by atoms with Gasteiger partial charge < -0.3 is 5.21 Å². The van der Waals surface area contributed by atoms with Crippen molar-refractivity contribution in [3.8, 4) is 0 Å². The molecule has 0 radical (unpaired) electrons. The van der Waals surface area contributed by atoms with Gasteiger partial charge in [-0.25, -0.2) is 4.74 Å². The molecule has 0 aromatic heterocycles. The van der Waals surface area contributed by atoms with Gasteiger partial charge in [-0.2, -0.15) is 0 Å². The van der Waals surface area contributed by atoms with Crippen LogP contribution in [-0.4, -0.2) is 11.0 Å². The molecule has 0 fully saturated rings. The van der Waals surface area contributed by atoms with Crippen molar-refractivity contribution in [1.82, 2.24) is 0 Å². The molecule has 0 atom stereocenters. The predicted molar refractivity (Wildman–Crippen MR) is 74.9 cm³/mol. The minimum absolute atomic E-state index is 0.383. The summed E-state index contributed by atoms with van der Waals surface area (Å²) in [5.74, 6) is 0. The van der Waals surface area contributed by atoms with E-state index in [1.54, 1.807) is 6.21 Å². The van der Waals surface area contributed by atoms with Gasteiger partial charge in [-0.1, -0.05) is 47.5 Å². The van der Waals surface area contributed by atoms with Gasteiger partial charge in [-0.15, -0.1) is 0 Å². The van der Waals surface area contributed by atoms with E-state index in [0.717, 1.165) is 15.9 Å². The Labute approximate surface area is 108 Å². The summed E-state index contributed by atoms with van der Waals surface area (Å²) in [5, 5.41) is 11.8. The summed E-state index contributed by atoms with van der Waals surface area (Å²) in [4.78, 5) is 0. The molecule has 2 nitrogen and oxygen atoms in total. The Morgan fingerprint density at radius 1 is 0.889 bits per heavy atom. The monoisotopic (exact) mass is 239 g/mol. The molecule has 0 unspecified atom stereocenters. The average Bonchev–Trinajstić information content (AvgIpc) is 2.35. The zero-order valence-electron chi connectivity index (χ0n) is 10.8. The molecule has 0 saturated carbocycles. The highest BCUT2D eigenvalue weighted by Gasteiger charge is 1.99. The van der Waals surface area contributed by atoms with Crippen molar-refractivity contribution in [2.75, 3.05) is 0 Å². The number of hydrogen-bond donors (Lipinski definition) is 0. The van der Waals surface area contributed by atoms with Crippen LogP contribution in [0.15, 0.2) is 48.5 Å². The summed E-state index contributed by atoms with van der Waals surface area (Å²) in [6.45, 7) is 4.45. The van der Waals surface area contributed by atoms with Crippen LogP contribution in [-0.2, 0) is 6.54 Å². The number of rotatable bonds is 3. The van der Waals surface area contributed by atoms with Crippen LogP contribution >= 0.6 is 0 Å². The van der Waals surface area contributed by atoms with Crippen molar-refractivity contribution in [1.29, 1.82) is 0 Å². The lowest BCUT2D eigenvalue weighted by Gasteiger charge is -2.04. The summed E-state index contributed by atoms with van der Waals surface area (Å²) >= 11 is 0. The van der Waals surface area contributed by atoms with Crippen LogP contribution < -0.4 is 0 Å². The summed E-state index contributed by atoms with van der Waals surface area (Å²) in [5.41, 5.74) is 4.36. The normalized spacial score (nSPS) is 11.6. The summed E-state index contributed by atoms with van der Waals surface area (Å²) in [6.07, 6.45) is 1.62. The molecule has 2 aromatic carbocycles. The van der Waals surface area contributed by atoms with Crippen molar-refractivity contribution >= 4 is 6.21 Å². The number of hydroxylamine groups is 1. The fourth-order valence-electron chi connectivity index (χ4n) is 1.74. The molecular weight excluding hydrogens is 222 g/mol. The fraction of sp³-hybridized carbons (Fsp3) is 0.188. The number of nitrogens with zero attached hydrogens (tertiary/aromatic N) is 1. The van der Waals surface area contributed by atoms with Gasteiger partial charge in [-0.05, 0) is 26.0 Å². The molecule has 18 heavy (non-hydrogen) atoms. The third kappa shape index (κ3) is 3.45. The van der Waals surface area contributed by atoms with Gasteiger partial charge in [-0.3, -0.25) is 0 Å². The Bertz CT molecular complexity index is 538. The van der Waals surface area contributed by atoms with Crippen LogP contribution in [0, 0.1) is 19.1 Å². The molecule has 0 N–H and O–H groups in total. The van der Waals surface area contributed by atoms with Crippen molar-refractivity contribution in [3.05, 3.63) is 76.0 Å². The topological polar surface area (TPSA) is 26.1 Å². The van der Waals surface area contributed by atoms with E-state index in [2.05, 4.69) is 0 Å². The number of aryl methyl sites for hydroxylation is 2. The van der Waals surface area contributed by atoms with E-state index < -0.39 is 0 Å². The second kappa shape index (κ2) is 5.50. The standard InChI is InChI=1S/C16H17NO/c1-13-3-7-15(8-4-13)11-17(18)12-16-9-5-14(2)6-10-16/h3-11H,12H2,1-2H3/b17-11+. The van der Waals surface area contributed by atoms with Gasteiger partial charge in [0.25, 0.3) is 0 Å². The lowest BCUT2D eigenvalue weighted by molar-refractivity contribution is -0.469. The number of benzene rings is 2. The molecule has 92 valence electrons. The lowest BCUT2D eigenvalue weighted by atomic mass is 10.1. The first-order valence-corrected chi connectivity index (χ1v) is 6.04. The quantitative estimate of drug-likeness (QED) is 0.349. The predicted octanol–water partition coefficient (Wildman–Crippen LogP) is 3.43. The first-order valence-electron chi connectivity index (χ1n) is 6.04. The third-order valence-corrected chi connectivity index (χ3v) is 2.83. The van der Waals surface area contributed by atoms with Gasteiger partial charge in [0.2, 0.25) is 0 Å². The van der Waals surface area contributed by atoms with Crippen LogP contribution in [0.5, 0.6) is 0 Å². The minimum Gasteiger partial charge on any atom is -0.624 e. The SMILES string of the molecule is Cc1ccc(/C=[N+](/[O-])Cc2ccc(C)cc2)cc1. The largest absolute Gasteiger partial charge is 0.624 e. The van der Waals surface area contributed by atoms with E-state index in [1.165, 1.54) is 11.1 Å². The first kappa shape index (κ1) is 12.4. The summed E-state index contributed by atoms with van der Waals surface area (Å²) in [6, 6.07) is 15.9. The number of hydrogen-bond acceptors (Lipinski definition) is 1. The first-order chi connectivity index (χ1) is 8.63. The van der Waals surface area contributed by atoms with Gasteiger partial charge in [0.15, 0.2) is 12.8 Å². The zero-order chi connectivity index (χ0) is 13.0. The molecule has 0 spiro atoms. The van der Waals surface area contributed by atoms with Crippen molar-refractivity contribution in [2.45, 2.75) is 20.4 Å². The summed E-state index contributed by atoms with van der Waals surface area (Å²) in [7, 11) is 0. The zero-order valence-corrected chi connectivity index (χ0v) is 10.8. The molecule has 0 saturated heterocycles. The Balaban J connectivity index is 2.09. The maximum absolute atomic E-state index is 11.8. The smallest absolute Gasteiger partial charge is 0.182 e. The highest BCUT2D eigenvalue weighted by Crippen LogP contribution is 2.05. The Hall–Kier alpha value is -2.09. The lowest BCUT2D eigenvalue weighted by Crippen LogP contribution is -2.05. The molecule has 0 heterocycles. The van der Waals surface area contributed by atoms with Crippen molar-refractivity contribution < 1.29 is 4.74 Å². The minimum atomic E-state index is 0.383. The van der Waals surface area contributed by atoms with Gasteiger partial charge in [0.05, 0.1) is 0 Å². The Kier molecular flexibility index (Phi) is 3.78. The molecule has 2 aromatic rings. The second-order valence-electron chi connectivity index (χ2n) is 4.60. The van der Waals surface area contributed by atoms with Crippen molar-refractivity contribution in [2.24, 2.45) is 0 Å². The molecule has 2 rings (SSSR count). The highest BCUT2D eigenvalue weighted by molar-refractivity contribution is 5.75. The van der Waals surface area contributed by atoms with Crippen molar-refractivity contribution in [3.63, 3.8) is 0 Å². The van der Waals surface area contributed by atoms with E-state index in [0.29, 0.717) is 6.54 Å². The highest BCUT2D eigenvalue weighted by atomic mass is 16.5. The third-order valence-electron chi connectivity index (χ3n) is 2.83. The van der Waals surface area contributed by atoms with Crippen LogP contribution in [0.3, 0.4) is 0 Å². The maximum Gasteiger partial charge on any atom is 0.182 e. The summed E-state index contributed by atoms with van der Waals surface area (Å²) < 4.78 is 0.968. The fourth-order valence-corrected chi connectivity index (χ4v) is 1.74. The van der Waals surface area contributed by atoms with Gasteiger partial charge >= 0.3 is 0 Å². The van der Waals surface area contributed by atoms with E-state index in [1.807, 2.05) is 62.4 Å². The van der Waals surface area contributed by atoms with Crippen LogP contribution in [0.1, 0.15) is 22.3 Å². The average molecular weight is 239 g/mol. The molecule has 0 aliphatic rings. The molecular formula is C16H17NO. The molecule has 0 bridgehead atoms. The van der Waals surface area contributed by atoms with E-state index in [-0.39, 0.29) is 0 Å². The molecule has 0 aliphatic carbocycles. The van der Waals surface area contributed by atoms with Crippen LogP contribution in [0.4, 0.5) is 0 Å². The second-order valence-corrected chi connectivity index (χ2v) is 4.60. The molecule has 2 heteroatoms. The molecule has 0 aliphatic heterocycles. The van der Waals surface area contributed by atoms with E-state index >= 15 is 0 Å². The maximum atomic E-state index is 11.8. The van der Waals surface area contributed by atoms with Gasteiger partial charge in [0.1, 0.15) is 0 Å². The Morgan fingerprint density at radius 2 is 1.39 bits per heavy atom. The van der Waals surface area contributed by atoms with Gasteiger partial charge in [0, 0.05) is 11.1 Å².